The Labute approximate surface area is 107 Å². The van der Waals surface area contributed by atoms with Crippen molar-refractivity contribution in [3.05, 3.63) is 35.2 Å². The van der Waals surface area contributed by atoms with Crippen LogP contribution in [0.4, 0.5) is 0 Å². The number of thiazole rings is 1. The molecular weight excluding hydrogens is 252 g/mol. The summed E-state index contributed by atoms with van der Waals surface area (Å²) in [5.74, 6) is 0. The monoisotopic (exact) mass is 266 g/mol. The molecule has 0 radical (unpaired) electrons. The number of benzene rings is 1. The summed E-state index contributed by atoms with van der Waals surface area (Å²) in [6.07, 6.45) is 2.59. The van der Waals surface area contributed by atoms with E-state index in [1.807, 2.05) is 31.2 Å². The first-order valence-corrected chi connectivity index (χ1v) is 7.38. The van der Waals surface area contributed by atoms with Crippen molar-refractivity contribution in [3.63, 3.8) is 0 Å². The molecule has 1 atom stereocenters. The topological polar surface area (TPSA) is 56.0 Å². The van der Waals surface area contributed by atoms with Crippen LogP contribution in [0, 0.1) is 6.92 Å². The van der Waals surface area contributed by atoms with Crippen LogP contribution in [-0.2, 0) is 10.8 Å². The number of aromatic nitrogens is 1. The van der Waals surface area contributed by atoms with Crippen molar-refractivity contribution in [2.75, 3.05) is 6.54 Å². The van der Waals surface area contributed by atoms with E-state index in [2.05, 4.69) is 4.98 Å². The summed E-state index contributed by atoms with van der Waals surface area (Å²) in [5, 5.41) is 1.66. The van der Waals surface area contributed by atoms with Gasteiger partial charge in [-0.2, -0.15) is 0 Å². The van der Waals surface area contributed by atoms with Gasteiger partial charge in [0.1, 0.15) is 10.8 Å². The second-order valence-corrected chi connectivity index (χ2v) is 6.24. The zero-order valence-electron chi connectivity index (χ0n) is 9.55. The summed E-state index contributed by atoms with van der Waals surface area (Å²) in [4.78, 5) is 4.39. The van der Waals surface area contributed by atoms with Crippen molar-refractivity contribution in [1.29, 1.82) is 0 Å². The van der Waals surface area contributed by atoms with Crippen molar-refractivity contribution in [2.45, 2.75) is 17.7 Å². The van der Waals surface area contributed by atoms with E-state index in [4.69, 9.17) is 5.73 Å². The summed E-state index contributed by atoms with van der Waals surface area (Å²) in [5.41, 5.74) is 7.46. The molecule has 5 heteroatoms. The molecule has 0 saturated carbocycles. The smallest absolute Gasteiger partial charge is 0.186 e. The lowest BCUT2D eigenvalue weighted by atomic mass is 10.2. The van der Waals surface area contributed by atoms with Crippen LogP contribution >= 0.6 is 11.3 Å². The molecule has 1 unspecified atom stereocenters. The molecule has 0 aliphatic rings. The van der Waals surface area contributed by atoms with Gasteiger partial charge in [-0.15, -0.1) is 11.3 Å². The fraction of sp³-hybridized carbons (Fsp3) is 0.250. The minimum Gasteiger partial charge on any atom is -0.330 e. The molecule has 90 valence electrons. The van der Waals surface area contributed by atoms with Gasteiger partial charge in [-0.1, -0.05) is 12.1 Å². The first kappa shape index (κ1) is 12.4. The van der Waals surface area contributed by atoms with Crippen molar-refractivity contribution in [2.24, 2.45) is 5.73 Å². The Morgan fingerprint density at radius 3 is 3.12 bits per heavy atom. The fourth-order valence-electron chi connectivity index (χ4n) is 1.41. The molecule has 0 saturated heterocycles. The second-order valence-electron chi connectivity index (χ2n) is 3.70. The summed E-state index contributed by atoms with van der Waals surface area (Å²) in [6.45, 7) is 2.60. The van der Waals surface area contributed by atoms with Crippen molar-refractivity contribution in [1.82, 2.24) is 4.98 Å². The molecule has 0 fully saturated rings. The number of nitrogens with zero attached hydrogens (tertiary/aromatic N) is 1. The largest absolute Gasteiger partial charge is 0.330 e. The Kier molecular flexibility index (Phi) is 4.04. The molecule has 17 heavy (non-hydrogen) atoms. The molecule has 0 aliphatic carbocycles. The van der Waals surface area contributed by atoms with Crippen LogP contribution in [0.3, 0.4) is 0 Å². The molecule has 2 rings (SSSR count). The van der Waals surface area contributed by atoms with Gasteiger partial charge in [-0.3, -0.25) is 0 Å². The Morgan fingerprint density at radius 1 is 1.53 bits per heavy atom. The van der Waals surface area contributed by atoms with Gasteiger partial charge in [0.2, 0.25) is 0 Å². The van der Waals surface area contributed by atoms with Gasteiger partial charge in [-0.05, 0) is 37.6 Å². The zero-order valence-corrected chi connectivity index (χ0v) is 11.2. The zero-order chi connectivity index (χ0) is 12.3. The standard InChI is InChI=1S/C12H14N2OS2/c1-9-4-5-11-10(8-9)14-12(16-11)17(15)7-3-2-6-13/h3-5,7-8H,2,6,13H2,1H3/b7-3+. The Morgan fingerprint density at radius 2 is 2.35 bits per heavy atom. The number of fused-ring (bicyclic) bond motifs is 1. The van der Waals surface area contributed by atoms with E-state index >= 15 is 0 Å². The second kappa shape index (κ2) is 5.53. The third kappa shape index (κ3) is 3.00. The van der Waals surface area contributed by atoms with Gasteiger partial charge in [0, 0.05) is 5.41 Å². The van der Waals surface area contributed by atoms with Crippen LogP contribution in [0.25, 0.3) is 10.2 Å². The maximum atomic E-state index is 11.9. The molecule has 0 spiro atoms. The molecule has 0 amide bonds. The van der Waals surface area contributed by atoms with Crippen LogP contribution in [-0.4, -0.2) is 15.7 Å². The van der Waals surface area contributed by atoms with Crippen LogP contribution < -0.4 is 5.73 Å². The van der Waals surface area contributed by atoms with Gasteiger partial charge in [0.25, 0.3) is 0 Å². The van der Waals surface area contributed by atoms with E-state index in [1.54, 1.807) is 5.41 Å². The maximum Gasteiger partial charge on any atom is 0.186 e. The predicted octanol–water partition coefficient (Wildman–Crippen LogP) is 2.57. The quantitative estimate of drug-likeness (QED) is 0.925. The average molecular weight is 266 g/mol. The van der Waals surface area contributed by atoms with E-state index < -0.39 is 10.8 Å². The number of aryl methyl sites for hydroxylation is 1. The van der Waals surface area contributed by atoms with E-state index in [-0.39, 0.29) is 0 Å². The van der Waals surface area contributed by atoms with Gasteiger partial charge < -0.3 is 5.73 Å². The lowest BCUT2D eigenvalue weighted by Gasteiger charge is -1.88. The number of rotatable bonds is 4. The van der Waals surface area contributed by atoms with E-state index in [0.29, 0.717) is 10.9 Å². The summed E-state index contributed by atoms with van der Waals surface area (Å²) in [7, 11) is -1.15. The highest BCUT2D eigenvalue weighted by Crippen LogP contribution is 2.25. The minimum absolute atomic E-state index is 0.576. The maximum absolute atomic E-state index is 11.9. The fourth-order valence-corrected chi connectivity index (χ4v) is 3.47. The lowest BCUT2D eigenvalue weighted by molar-refractivity contribution is 0.688. The molecule has 2 N–H and O–H groups in total. The first-order chi connectivity index (χ1) is 8.20. The van der Waals surface area contributed by atoms with Crippen LogP contribution in [0.1, 0.15) is 12.0 Å². The summed E-state index contributed by atoms with van der Waals surface area (Å²) >= 11 is 1.48. The number of nitrogens with two attached hydrogens (primary N) is 1. The van der Waals surface area contributed by atoms with Crippen LogP contribution in [0.2, 0.25) is 0 Å². The SMILES string of the molecule is Cc1ccc2sc(S(=O)/C=C/CCN)nc2c1. The van der Waals surface area contributed by atoms with Crippen LogP contribution in [0.15, 0.2) is 34.0 Å². The van der Waals surface area contributed by atoms with Gasteiger partial charge >= 0.3 is 0 Å². The highest BCUT2D eigenvalue weighted by molar-refractivity contribution is 7.90. The van der Waals surface area contributed by atoms with Gasteiger partial charge in [0.05, 0.1) is 10.2 Å². The molecule has 1 aromatic heterocycles. The van der Waals surface area contributed by atoms with E-state index in [0.717, 1.165) is 16.6 Å². The molecule has 3 nitrogen and oxygen atoms in total. The van der Waals surface area contributed by atoms with E-state index in [9.17, 15) is 4.21 Å². The van der Waals surface area contributed by atoms with Gasteiger partial charge in [0.15, 0.2) is 4.34 Å². The van der Waals surface area contributed by atoms with Crippen molar-refractivity contribution >= 4 is 32.4 Å². The third-order valence-electron chi connectivity index (χ3n) is 2.25. The van der Waals surface area contributed by atoms with Crippen molar-refractivity contribution in [3.8, 4) is 0 Å². The minimum atomic E-state index is -1.15. The number of hydrogen-bond acceptors (Lipinski definition) is 4. The van der Waals surface area contributed by atoms with E-state index in [1.165, 1.54) is 16.9 Å². The predicted molar refractivity (Wildman–Crippen MR) is 73.6 cm³/mol. The Balaban J connectivity index is 2.27. The molecule has 2 aromatic rings. The Bertz CT molecular complexity index is 575. The highest BCUT2D eigenvalue weighted by Gasteiger charge is 2.07. The summed E-state index contributed by atoms with van der Waals surface area (Å²) in [6, 6.07) is 6.07. The third-order valence-corrected chi connectivity index (χ3v) is 4.70. The summed E-state index contributed by atoms with van der Waals surface area (Å²) < 4.78 is 13.6. The first-order valence-electron chi connectivity index (χ1n) is 5.35. The highest BCUT2D eigenvalue weighted by atomic mass is 32.2. The average Bonchev–Trinajstić information content (AvgIpc) is 2.72. The number of hydrogen-bond donors (Lipinski definition) is 1. The molecule has 0 aliphatic heterocycles. The van der Waals surface area contributed by atoms with Crippen LogP contribution in [0.5, 0.6) is 0 Å². The molecule has 1 aromatic carbocycles. The van der Waals surface area contributed by atoms with Gasteiger partial charge in [-0.25, -0.2) is 9.19 Å². The molecule has 1 heterocycles. The normalized spacial score (nSPS) is 13.5. The lowest BCUT2D eigenvalue weighted by Crippen LogP contribution is -1.95. The molecule has 0 bridgehead atoms. The molecular formula is C12H14N2OS2. The van der Waals surface area contributed by atoms with Crippen molar-refractivity contribution < 1.29 is 4.21 Å². The Hall–Kier alpha value is -1.04.